The summed E-state index contributed by atoms with van der Waals surface area (Å²) in [7, 11) is 0. The number of aromatic nitrogens is 4. The fourth-order valence-corrected chi connectivity index (χ4v) is 4.34. The first-order chi connectivity index (χ1) is 12.9. The summed E-state index contributed by atoms with van der Waals surface area (Å²) in [6.07, 6.45) is 0.920. The molecule has 4 aromatic rings. The number of nitrogens with one attached hydrogen (secondary N) is 1. The maximum Gasteiger partial charge on any atom is 0.244 e. The van der Waals surface area contributed by atoms with Gasteiger partial charge in [0.25, 0.3) is 0 Å². The second kappa shape index (κ2) is 6.38. The van der Waals surface area contributed by atoms with Crippen LogP contribution < -0.4 is 5.32 Å². The molecule has 0 fully saturated rings. The molecule has 0 amide bonds. The molecule has 2 atom stereocenters. The number of hydrogen-bond acceptors (Lipinski definition) is 5. The maximum atomic E-state index is 4.18. The highest BCUT2D eigenvalue weighted by Gasteiger charge is 2.31. The van der Waals surface area contributed by atoms with Gasteiger partial charge in [0.15, 0.2) is 0 Å². The van der Waals surface area contributed by atoms with E-state index in [0.29, 0.717) is 0 Å². The van der Waals surface area contributed by atoms with Gasteiger partial charge in [0.2, 0.25) is 5.95 Å². The van der Waals surface area contributed by atoms with Crippen LogP contribution >= 0.6 is 11.3 Å². The third-order valence-electron chi connectivity index (χ3n) is 4.84. The lowest BCUT2D eigenvalue weighted by Gasteiger charge is -2.30. The van der Waals surface area contributed by atoms with Crippen molar-refractivity contribution in [1.29, 1.82) is 0 Å². The molecule has 2 unspecified atom stereocenters. The van der Waals surface area contributed by atoms with Gasteiger partial charge in [-0.2, -0.15) is 0 Å². The second-order valence-electron chi connectivity index (χ2n) is 6.40. The van der Waals surface area contributed by atoms with E-state index in [-0.39, 0.29) is 12.1 Å². The number of tetrazole rings is 1. The van der Waals surface area contributed by atoms with Gasteiger partial charge in [-0.1, -0.05) is 65.8 Å². The van der Waals surface area contributed by atoms with Crippen molar-refractivity contribution < 1.29 is 0 Å². The van der Waals surface area contributed by atoms with Gasteiger partial charge >= 0.3 is 0 Å². The van der Waals surface area contributed by atoms with Gasteiger partial charge in [0.05, 0.1) is 12.1 Å². The van der Waals surface area contributed by atoms with Gasteiger partial charge in [-0.25, -0.2) is 4.68 Å². The Kier molecular flexibility index (Phi) is 3.75. The standard InChI is InChI=1S/C20H17N5S/c1-2-5-14(6-3-1)15-8-10-16(11-9-15)17-13-18(19-7-4-12-26-19)25-20(21-17)22-23-24-25/h1-12,17-18H,13H2,(H,21,22,24). The van der Waals surface area contributed by atoms with Crippen LogP contribution in [0.25, 0.3) is 11.1 Å². The Bertz CT molecular complexity index is 992. The summed E-state index contributed by atoms with van der Waals surface area (Å²) in [4.78, 5) is 1.28. The van der Waals surface area contributed by atoms with E-state index < -0.39 is 0 Å². The third kappa shape index (κ3) is 2.68. The average Bonchev–Trinajstić information content (AvgIpc) is 3.40. The van der Waals surface area contributed by atoms with Crippen LogP contribution in [0.15, 0.2) is 72.1 Å². The second-order valence-corrected chi connectivity index (χ2v) is 7.38. The van der Waals surface area contributed by atoms with E-state index in [1.807, 2.05) is 10.7 Å². The van der Waals surface area contributed by atoms with Crippen molar-refractivity contribution in [2.75, 3.05) is 5.32 Å². The lowest BCUT2D eigenvalue weighted by atomic mass is 9.95. The van der Waals surface area contributed by atoms with Crippen LogP contribution in [-0.2, 0) is 0 Å². The van der Waals surface area contributed by atoms with E-state index in [0.717, 1.165) is 12.4 Å². The summed E-state index contributed by atoms with van der Waals surface area (Å²) in [5, 5.41) is 17.8. The number of anilines is 1. The summed E-state index contributed by atoms with van der Waals surface area (Å²) in [5.74, 6) is 0.729. The Hall–Kier alpha value is -2.99. The maximum absolute atomic E-state index is 4.18. The summed E-state index contributed by atoms with van der Waals surface area (Å²) >= 11 is 1.75. The topological polar surface area (TPSA) is 55.6 Å². The normalized spacial score (nSPS) is 18.9. The zero-order valence-electron chi connectivity index (χ0n) is 14.0. The van der Waals surface area contributed by atoms with Crippen molar-refractivity contribution in [3.63, 3.8) is 0 Å². The first-order valence-electron chi connectivity index (χ1n) is 8.62. The van der Waals surface area contributed by atoms with Crippen molar-refractivity contribution in [3.8, 4) is 11.1 Å². The highest BCUT2D eigenvalue weighted by molar-refractivity contribution is 7.10. The fourth-order valence-electron chi connectivity index (χ4n) is 3.51. The highest BCUT2D eigenvalue weighted by atomic mass is 32.1. The van der Waals surface area contributed by atoms with E-state index in [2.05, 4.69) is 86.9 Å². The molecule has 5 rings (SSSR count). The van der Waals surface area contributed by atoms with E-state index in [1.165, 1.54) is 21.6 Å². The zero-order valence-corrected chi connectivity index (χ0v) is 14.8. The fraction of sp³-hybridized carbons (Fsp3) is 0.150. The minimum atomic E-state index is 0.167. The number of rotatable bonds is 3. The summed E-state index contributed by atoms with van der Waals surface area (Å²) in [6.45, 7) is 0. The zero-order chi connectivity index (χ0) is 17.3. The summed E-state index contributed by atoms with van der Waals surface area (Å²) in [6, 6.07) is 23.8. The Morgan fingerprint density at radius 1 is 0.923 bits per heavy atom. The molecule has 26 heavy (non-hydrogen) atoms. The molecule has 5 nitrogen and oxygen atoms in total. The minimum Gasteiger partial charge on any atom is -0.346 e. The average molecular weight is 359 g/mol. The minimum absolute atomic E-state index is 0.167. The van der Waals surface area contributed by atoms with Crippen molar-refractivity contribution in [2.45, 2.75) is 18.5 Å². The lowest BCUT2D eigenvalue weighted by Crippen LogP contribution is -2.27. The molecule has 1 N–H and O–H groups in total. The van der Waals surface area contributed by atoms with Crippen LogP contribution in [0.3, 0.4) is 0 Å². The highest BCUT2D eigenvalue weighted by Crippen LogP contribution is 2.38. The van der Waals surface area contributed by atoms with E-state index in [4.69, 9.17) is 0 Å². The van der Waals surface area contributed by atoms with E-state index >= 15 is 0 Å². The third-order valence-corrected chi connectivity index (χ3v) is 5.82. The lowest BCUT2D eigenvalue weighted by molar-refractivity contribution is 0.429. The predicted octanol–water partition coefficient (Wildman–Crippen LogP) is 4.55. The molecular formula is C20H17N5S. The SMILES string of the molecule is c1ccc(-c2ccc(C3CC(c4cccs4)n4nnnc4N3)cc2)cc1. The van der Waals surface area contributed by atoms with Crippen LogP contribution in [0.1, 0.15) is 28.9 Å². The Morgan fingerprint density at radius 2 is 1.73 bits per heavy atom. The van der Waals surface area contributed by atoms with Gasteiger partial charge in [0.1, 0.15) is 0 Å². The summed E-state index contributed by atoms with van der Waals surface area (Å²) < 4.78 is 1.89. The molecule has 0 saturated heterocycles. The molecule has 6 heteroatoms. The number of thiophene rings is 1. The first-order valence-corrected chi connectivity index (χ1v) is 9.49. The molecule has 1 aliphatic rings. The predicted molar refractivity (Wildman–Crippen MR) is 103 cm³/mol. The van der Waals surface area contributed by atoms with Crippen LogP contribution in [0.2, 0.25) is 0 Å². The molecular weight excluding hydrogens is 342 g/mol. The van der Waals surface area contributed by atoms with Gasteiger partial charge in [-0.05, 0) is 45.0 Å². The Balaban J connectivity index is 1.46. The number of fused-ring (bicyclic) bond motifs is 1. The van der Waals surface area contributed by atoms with Gasteiger partial charge < -0.3 is 5.32 Å². The molecule has 0 spiro atoms. The van der Waals surface area contributed by atoms with Gasteiger partial charge in [0, 0.05) is 4.88 Å². The Morgan fingerprint density at radius 3 is 2.50 bits per heavy atom. The smallest absolute Gasteiger partial charge is 0.244 e. The molecule has 1 aliphatic heterocycles. The van der Waals surface area contributed by atoms with Gasteiger partial charge in [-0.15, -0.1) is 11.3 Å². The molecule has 2 aromatic heterocycles. The van der Waals surface area contributed by atoms with Crippen LogP contribution in [0.4, 0.5) is 5.95 Å². The van der Waals surface area contributed by atoms with Crippen molar-refractivity contribution >= 4 is 17.3 Å². The molecule has 0 bridgehead atoms. The molecule has 0 radical (unpaired) electrons. The van der Waals surface area contributed by atoms with E-state index in [1.54, 1.807) is 11.3 Å². The first kappa shape index (κ1) is 15.3. The monoisotopic (exact) mass is 359 g/mol. The molecule has 0 aliphatic carbocycles. The number of nitrogens with zero attached hydrogens (tertiary/aromatic N) is 4. The van der Waals surface area contributed by atoms with Crippen molar-refractivity contribution in [1.82, 2.24) is 20.2 Å². The van der Waals surface area contributed by atoms with E-state index in [9.17, 15) is 0 Å². The Labute approximate surface area is 155 Å². The van der Waals surface area contributed by atoms with Gasteiger partial charge in [-0.3, -0.25) is 0 Å². The summed E-state index contributed by atoms with van der Waals surface area (Å²) in [5.41, 5.74) is 3.71. The largest absolute Gasteiger partial charge is 0.346 e. The van der Waals surface area contributed by atoms with Crippen LogP contribution in [0.5, 0.6) is 0 Å². The molecule has 2 aromatic carbocycles. The number of benzene rings is 2. The molecule has 3 heterocycles. The van der Waals surface area contributed by atoms with Crippen LogP contribution in [0, 0.1) is 0 Å². The molecule has 128 valence electrons. The molecule has 0 saturated carbocycles. The van der Waals surface area contributed by atoms with Crippen molar-refractivity contribution in [2.24, 2.45) is 0 Å². The van der Waals surface area contributed by atoms with Crippen LogP contribution in [-0.4, -0.2) is 20.2 Å². The number of hydrogen-bond donors (Lipinski definition) is 1. The quantitative estimate of drug-likeness (QED) is 0.583. The van der Waals surface area contributed by atoms with Crippen molar-refractivity contribution in [3.05, 3.63) is 82.6 Å².